The Balaban J connectivity index is 1.91. The predicted molar refractivity (Wildman–Crippen MR) is 93.8 cm³/mol. The molecule has 0 aromatic carbocycles. The van der Waals surface area contributed by atoms with Crippen LogP contribution in [-0.4, -0.2) is 64.8 Å². The van der Waals surface area contributed by atoms with Gasteiger partial charge >= 0.3 is 6.03 Å². The van der Waals surface area contributed by atoms with E-state index >= 15 is 0 Å². The number of allylic oxidation sites excluding steroid dienone is 2. The Morgan fingerprint density at radius 1 is 1.48 bits per heavy atom. The molecule has 0 radical (unpaired) electrons. The third kappa shape index (κ3) is 3.55. The second kappa shape index (κ2) is 7.30. The molecule has 7 heteroatoms. The van der Waals surface area contributed by atoms with Crippen LogP contribution in [0.2, 0.25) is 0 Å². The first kappa shape index (κ1) is 17.5. The van der Waals surface area contributed by atoms with Crippen LogP contribution in [0.1, 0.15) is 25.7 Å². The van der Waals surface area contributed by atoms with E-state index in [2.05, 4.69) is 11.0 Å². The molecule has 2 heterocycles. The number of carbonyl (C=O) groups excluding carboxylic acids is 1. The van der Waals surface area contributed by atoms with E-state index in [0.717, 1.165) is 37.0 Å². The summed E-state index contributed by atoms with van der Waals surface area (Å²) in [6, 6.07) is 2.05. The highest BCUT2D eigenvalue weighted by atomic mass is 16.3. The molecule has 134 valence electrons. The van der Waals surface area contributed by atoms with Crippen molar-refractivity contribution in [3.63, 3.8) is 0 Å². The van der Waals surface area contributed by atoms with Crippen LogP contribution < -0.4 is 5.73 Å². The van der Waals surface area contributed by atoms with Gasteiger partial charge in [-0.1, -0.05) is 12.2 Å². The first-order valence-electron chi connectivity index (χ1n) is 8.74. The maximum absolute atomic E-state index is 12.8. The van der Waals surface area contributed by atoms with Gasteiger partial charge in [0.05, 0.1) is 12.6 Å². The van der Waals surface area contributed by atoms with Crippen LogP contribution in [0.4, 0.5) is 4.79 Å². The summed E-state index contributed by atoms with van der Waals surface area (Å²) in [5, 5.41) is 19.6. The number of urea groups is 1. The maximum atomic E-state index is 12.8. The standard InChI is InChI=1S/C18H25N5O2/c1-21-17(24)9-16(22-8-4-7-15(20)12-22)23(18(21)25)11-14-6-3-2-5-13(14)10-19/h3,6,9,15,17,24H,2,4-5,7-8,11-12,20H2,1H3/t15-,17?/m1/s1. The van der Waals surface area contributed by atoms with E-state index in [4.69, 9.17) is 5.73 Å². The highest BCUT2D eigenvalue weighted by molar-refractivity contribution is 5.78. The van der Waals surface area contributed by atoms with Crippen LogP contribution in [0.5, 0.6) is 0 Å². The number of piperidine rings is 1. The number of hydrogen-bond acceptors (Lipinski definition) is 5. The van der Waals surface area contributed by atoms with Gasteiger partial charge in [0.15, 0.2) is 6.23 Å². The van der Waals surface area contributed by atoms with Crippen LogP contribution in [0.25, 0.3) is 0 Å². The van der Waals surface area contributed by atoms with Crippen LogP contribution in [-0.2, 0) is 0 Å². The van der Waals surface area contributed by atoms with Crippen molar-refractivity contribution in [1.29, 1.82) is 5.26 Å². The zero-order valence-corrected chi connectivity index (χ0v) is 14.6. The van der Waals surface area contributed by atoms with Crippen molar-refractivity contribution in [3.05, 3.63) is 35.2 Å². The smallest absolute Gasteiger partial charge is 0.327 e. The van der Waals surface area contributed by atoms with Gasteiger partial charge in [-0.3, -0.25) is 9.80 Å². The van der Waals surface area contributed by atoms with Crippen molar-refractivity contribution >= 4 is 6.03 Å². The molecule has 7 nitrogen and oxygen atoms in total. The van der Waals surface area contributed by atoms with Crippen molar-refractivity contribution in [1.82, 2.24) is 14.7 Å². The maximum Gasteiger partial charge on any atom is 0.327 e. The van der Waals surface area contributed by atoms with E-state index in [9.17, 15) is 15.2 Å². The fraction of sp³-hybridized carbons (Fsp3) is 0.556. The second-order valence-electron chi connectivity index (χ2n) is 6.82. The van der Waals surface area contributed by atoms with E-state index in [-0.39, 0.29) is 12.1 Å². The van der Waals surface area contributed by atoms with Crippen molar-refractivity contribution in [2.24, 2.45) is 5.73 Å². The van der Waals surface area contributed by atoms with Gasteiger partial charge in [-0.05, 0) is 31.3 Å². The summed E-state index contributed by atoms with van der Waals surface area (Å²) in [7, 11) is 1.57. The van der Waals surface area contributed by atoms with Gasteiger partial charge in [0, 0.05) is 37.8 Å². The molecular weight excluding hydrogens is 318 g/mol. The third-order valence-corrected chi connectivity index (χ3v) is 5.02. The number of nitrogens with zero attached hydrogens (tertiary/aromatic N) is 4. The summed E-state index contributed by atoms with van der Waals surface area (Å²) in [4.78, 5) is 17.8. The van der Waals surface area contributed by atoms with E-state index in [1.807, 2.05) is 12.2 Å². The van der Waals surface area contributed by atoms with Crippen molar-refractivity contribution < 1.29 is 9.90 Å². The van der Waals surface area contributed by atoms with Crippen LogP contribution in [0.3, 0.4) is 0 Å². The van der Waals surface area contributed by atoms with Gasteiger partial charge in [-0.15, -0.1) is 0 Å². The fourth-order valence-electron chi connectivity index (χ4n) is 3.54. The molecule has 3 rings (SSSR count). The Bertz CT molecular complexity index is 675. The normalized spacial score (nSPS) is 27.5. The Hall–Kier alpha value is -2.30. The number of nitriles is 1. The number of likely N-dealkylation sites (tertiary alicyclic amines) is 1. The van der Waals surface area contributed by atoms with Gasteiger partial charge in [0.25, 0.3) is 0 Å². The molecule has 2 aliphatic heterocycles. The summed E-state index contributed by atoms with van der Waals surface area (Å²) in [6.45, 7) is 1.79. The Kier molecular flexibility index (Phi) is 5.11. The summed E-state index contributed by atoms with van der Waals surface area (Å²) >= 11 is 0. The molecule has 0 spiro atoms. The Morgan fingerprint density at radius 3 is 3.00 bits per heavy atom. The van der Waals surface area contributed by atoms with Gasteiger partial charge in [-0.25, -0.2) is 4.79 Å². The summed E-state index contributed by atoms with van der Waals surface area (Å²) in [6.07, 6.45) is 8.18. The monoisotopic (exact) mass is 343 g/mol. The van der Waals surface area contributed by atoms with Crippen molar-refractivity contribution in [2.45, 2.75) is 38.0 Å². The lowest BCUT2D eigenvalue weighted by molar-refractivity contribution is 0.0454. The summed E-state index contributed by atoms with van der Waals surface area (Å²) in [5.74, 6) is 0.689. The minimum Gasteiger partial charge on any atom is -0.370 e. The molecule has 0 saturated carbocycles. The SMILES string of the molecule is CN1C(=O)N(CC2=C(C#N)CCC=C2)C(N2CCC[C@@H](N)C2)=CC1O. The van der Waals surface area contributed by atoms with E-state index in [1.54, 1.807) is 18.0 Å². The molecule has 1 saturated heterocycles. The molecule has 2 amide bonds. The molecule has 3 aliphatic rings. The van der Waals surface area contributed by atoms with Crippen LogP contribution in [0, 0.1) is 11.3 Å². The topological polar surface area (TPSA) is 96.8 Å². The number of aliphatic hydroxyl groups is 1. The number of carbonyl (C=O) groups is 1. The summed E-state index contributed by atoms with van der Waals surface area (Å²) < 4.78 is 0. The highest BCUT2D eigenvalue weighted by Crippen LogP contribution is 2.27. The Morgan fingerprint density at radius 2 is 2.28 bits per heavy atom. The molecule has 1 fully saturated rings. The van der Waals surface area contributed by atoms with Crippen LogP contribution in [0.15, 0.2) is 35.2 Å². The lowest BCUT2D eigenvalue weighted by Crippen LogP contribution is -2.55. The quantitative estimate of drug-likeness (QED) is 0.800. The molecule has 0 bridgehead atoms. The predicted octanol–water partition coefficient (Wildman–Crippen LogP) is 1.11. The molecule has 3 N–H and O–H groups in total. The minimum absolute atomic E-state index is 0.0619. The fourth-order valence-corrected chi connectivity index (χ4v) is 3.54. The van der Waals surface area contributed by atoms with Gasteiger partial charge in [0.1, 0.15) is 5.82 Å². The average molecular weight is 343 g/mol. The minimum atomic E-state index is -0.955. The lowest BCUT2D eigenvalue weighted by Gasteiger charge is -2.44. The first-order chi connectivity index (χ1) is 12.0. The molecule has 0 aromatic rings. The van der Waals surface area contributed by atoms with Crippen molar-refractivity contribution in [3.8, 4) is 6.07 Å². The van der Waals surface area contributed by atoms with Crippen molar-refractivity contribution in [2.75, 3.05) is 26.7 Å². The number of nitrogens with two attached hydrogens (primary N) is 1. The van der Waals surface area contributed by atoms with Gasteiger partial charge in [0.2, 0.25) is 0 Å². The number of aliphatic hydroxyl groups excluding tert-OH is 1. The number of hydrogen-bond donors (Lipinski definition) is 2. The molecular formula is C18H25N5O2. The second-order valence-corrected chi connectivity index (χ2v) is 6.82. The van der Waals surface area contributed by atoms with E-state index in [1.165, 1.54) is 4.90 Å². The van der Waals surface area contributed by atoms with Crippen LogP contribution >= 0.6 is 0 Å². The number of likely N-dealkylation sites (N-methyl/N-ethyl adjacent to an activating group) is 1. The zero-order chi connectivity index (χ0) is 18.0. The van der Waals surface area contributed by atoms with E-state index < -0.39 is 6.23 Å². The molecule has 0 aromatic heterocycles. The Labute approximate surface area is 148 Å². The van der Waals surface area contributed by atoms with E-state index in [0.29, 0.717) is 25.3 Å². The average Bonchev–Trinajstić information content (AvgIpc) is 2.62. The molecule has 2 atom stereocenters. The summed E-state index contributed by atoms with van der Waals surface area (Å²) in [5.41, 5.74) is 7.67. The largest absolute Gasteiger partial charge is 0.370 e. The first-order valence-corrected chi connectivity index (χ1v) is 8.74. The molecule has 25 heavy (non-hydrogen) atoms. The lowest BCUT2D eigenvalue weighted by atomic mass is 9.98. The number of amides is 2. The number of rotatable bonds is 3. The highest BCUT2D eigenvalue weighted by Gasteiger charge is 2.35. The zero-order valence-electron chi connectivity index (χ0n) is 14.6. The third-order valence-electron chi connectivity index (χ3n) is 5.02. The van der Waals surface area contributed by atoms with Gasteiger partial charge < -0.3 is 15.7 Å². The molecule has 1 unspecified atom stereocenters. The molecule has 1 aliphatic carbocycles. The van der Waals surface area contributed by atoms with Gasteiger partial charge in [-0.2, -0.15) is 5.26 Å².